The number of nitrogens with one attached hydrogen (secondary N) is 1. The first-order valence-corrected chi connectivity index (χ1v) is 6.78. The maximum atomic E-state index is 12.8. The van der Waals surface area contributed by atoms with Crippen LogP contribution < -0.4 is 5.32 Å². The zero-order chi connectivity index (χ0) is 18.0. The van der Waals surface area contributed by atoms with E-state index in [1.54, 1.807) is 0 Å². The number of anilines is 2. The van der Waals surface area contributed by atoms with Crippen molar-refractivity contribution in [3.8, 4) is 5.82 Å². The molecule has 0 bridgehead atoms. The molecule has 1 aromatic carbocycles. The number of benzene rings is 1. The van der Waals surface area contributed by atoms with Crippen molar-refractivity contribution in [2.75, 3.05) is 5.32 Å². The number of nitrogens with zero attached hydrogens (tertiary/aromatic N) is 5. The third-order valence-electron chi connectivity index (χ3n) is 3.19. The van der Waals surface area contributed by atoms with E-state index in [1.807, 2.05) is 0 Å². The minimum Gasteiger partial charge on any atom is -0.334 e. The highest BCUT2D eigenvalue weighted by Crippen LogP contribution is 2.33. The quantitative estimate of drug-likeness (QED) is 0.572. The van der Waals surface area contributed by atoms with Gasteiger partial charge in [-0.25, -0.2) is 15.0 Å². The van der Waals surface area contributed by atoms with Crippen molar-refractivity contribution in [2.24, 2.45) is 0 Å². The van der Waals surface area contributed by atoms with Gasteiger partial charge < -0.3 is 5.32 Å². The third-order valence-corrected chi connectivity index (χ3v) is 3.19. The molecule has 0 atom stereocenters. The van der Waals surface area contributed by atoms with E-state index in [4.69, 9.17) is 0 Å². The summed E-state index contributed by atoms with van der Waals surface area (Å²) in [6.45, 7) is 0. The van der Waals surface area contributed by atoms with Crippen LogP contribution in [0.4, 0.5) is 30.4 Å². The molecule has 11 heteroatoms. The van der Waals surface area contributed by atoms with Gasteiger partial charge in [0.2, 0.25) is 11.6 Å². The predicted octanol–water partition coefficient (Wildman–Crippen LogP) is 3.33. The van der Waals surface area contributed by atoms with Gasteiger partial charge in [-0.1, -0.05) is 6.07 Å². The molecule has 2 heterocycles. The minimum atomic E-state index is -4.53. The van der Waals surface area contributed by atoms with Crippen LogP contribution in [0.2, 0.25) is 0 Å². The Bertz CT molecular complexity index is 911. The molecule has 0 radical (unpaired) electrons. The summed E-state index contributed by atoms with van der Waals surface area (Å²) >= 11 is 0. The number of hydrogen-bond acceptors (Lipinski definition) is 6. The number of aromatic nitrogens is 4. The maximum absolute atomic E-state index is 12.8. The average Bonchev–Trinajstić information content (AvgIpc) is 3.08. The molecule has 8 nitrogen and oxygen atoms in total. The Morgan fingerprint density at radius 1 is 1.24 bits per heavy atom. The molecule has 1 N–H and O–H groups in total. The first kappa shape index (κ1) is 16.4. The van der Waals surface area contributed by atoms with E-state index < -0.39 is 22.4 Å². The second-order valence-electron chi connectivity index (χ2n) is 4.83. The molecule has 0 saturated carbocycles. The topological polar surface area (TPSA) is 98.8 Å². The van der Waals surface area contributed by atoms with E-state index in [1.165, 1.54) is 35.4 Å². The van der Waals surface area contributed by atoms with E-state index in [2.05, 4.69) is 20.3 Å². The second kappa shape index (κ2) is 6.19. The smallest absolute Gasteiger partial charge is 0.334 e. The van der Waals surface area contributed by atoms with Crippen molar-refractivity contribution in [2.45, 2.75) is 6.18 Å². The van der Waals surface area contributed by atoms with Crippen LogP contribution >= 0.6 is 0 Å². The molecule has 0 fully saturated rings. The fraction of sp³-hybridized carbons (Fsp3) is 0.0714. The van der Waals surface area contributed by atoms with Crippen molar-refractivity contribution >= 4 is 17.2 Å². The molecule has 0 aliphatic rings. The Balaban J connectivity index is 2.04. The van der Waals surface area contributed by atoms with Gasteiger partial charge in [0.15, 0.2) is 0 Å². The van der Waals surface area contributed by atoms with Crippen LogP contribution in [0, 0.1) is 10.1 Å². The number of alkyl halides is 3. The highest BCUT2D eigenvalue weighted by molar-refractivity contribution is 5.70. The normalized spacial score (nSPS) is 11.3. The van der Waals surface area contributed by atoms with Crippen molar-refractivity contribution < 1.29 is 18.1 Å². The Hall–Kier alpha value is -3.50. The molecule has 2 aromatic heterocycles. The number of nitro groups is 1. The van der Waals surface area contributed by atoms with E-state index in [0.717, 1.165) is 18.5 Å². The lowest BCUT2D eigenvalue weighted by Crippen LogP contribution is -2.08. The summed E-state index contributed by atoms with van der Waals surface area (Å²) in [5.41, 5.74) is -1.37. The lowest BCUT2D eigenvalue weighted by molar-refractivity contribution is -0.384. The van der Waals surface area contributed by atoms with Gasteiger partial charge in [-0.05, 0) is 18.2 Å². The van der Waals surface area contributed by atoms with Crippen LogP contribution in [0.5, 0.6) is 0 Å². The van der Waals surface area contributed by atoms with Crippen molar-refractivity contribution in [1.29, 1.82) is 0 Å². The van der Waals surface area contributed by atoms with Crippen LogP contribution in [-0.2, 0) is 6.18 Å². The van der Waals surface area contributed by atoms with E-state index in [0.29, 0.717) is 0 Å². The molecule has 3 aromatic rings. The molecule has 0 aliphatic heterocycles. The molecule has 25 heavy (non-hydrogen) atoms. The minimum absolute atomic E-state index is 0.00760. The lowest BCUT2D eigenvalue weighted by Gasteiger charge is -2.11. The Morgan fingerprint density at radius 3 is 2.68 bits per heavy atom. The maximum Gasteiger partial charge on any atom is 0.416 e. The monoisotopic (exact) mass is 350 g/mol. The molecule has 3 rings (SSSR count). The summed E-state index contributed by atoms with van der Waals surface area (Å²) in [6.07, 6.45) is 0.702. The zero-order valence-corrected chi connectivity index (χ0v) is 12.3. The third kappa shape index (κ3) is 3.39. The van der Waals surface area contributed by atoms with Crippen LogP contribution in [-0.4, -0.2) is 24.4 Å². The summed E-state index contributed by atoms with van der Waals surface area (Å²) in [7, 11) is 0. The average molecular weight is 350 g/mol. The van der Waals surface area contributed by atoms with Crippen molar-refractivity contribution in [3.63, 3.8) is 0 Å². The van der Waals surface area contributed by atoms with Crippen LogP contribution in [0.3, 0.4) is 0 Å². The number of hydrogen-bond donors (Lipinski definition) is 1. The summed E-state index contributed by atoms with van der Waals surface area (Å²) in [6, 6.07) is 4.27. The summed E-state index contributed by atoms with van der Waals surface area (Å²) in [5.74, 6) is -0.296. The highest BCUT2D eigenvalue weighted by atomic mass is 19.4. The lowest BCUT2D eigenvalue weighted by atomic mass is 10.2. The summed E-state index contributed by atoms with van der Waals surface area (Å²) < 4.78 is 39.7. The van der Waals surface area contributed by atoms with Gasteiger partial charge >= 0.3 is 11.9 Å². The fourth-order valence-corrected chi connectivity index (χ4v) is 2.11. The largest absolute Gasteiger partial charge is 0.416 e. The van der Waals surface area contributed by atoms with E-state index >= 15 is 0 Å². The summed E-state index contributed by atoms with van der Waals surface area (Å²) in [4.78, 5) is 22.1. The van der Waals surface area contributed by atoms with Crippen LogP contribution in [0.25, 0.3) is 5.82 Å². The van der Waals surface area contributed by atoms with Crippen LogP contribution in [0.1, 0.15) is 5.56 Å². The van der Waals surface area contributed by atoms with Gasteiger partial charge in [-0.3, -0.25) is 14.7 Å². The van der Waals surface area contributed by atoms with E-state index in [-0.39, 0.29) is 17.3 Å². The first-order chi connectivity index (χ1) is 11.9. The Labute approximate surface area is 138 Å². The van der Waals surface area contributed by atoms with Gasteiger partial charge in [0, 0.05) is 18.1 Å². The molecule has 0 aliphatic carbocycles. The molecule has 128 valence electrons. The highest BCUT2D eigenvalue weighted by Gasteiger charge is 2.31. The van der Waals surface area contributed by atoms with Crippen LogP contribution in [0.15, 0.2) is 49.3 Å². The van der Waals surface area contributed by atoms with Crippen molar-refractivity contribution in [3.05, 3.63) is 65.0 Å². The van der Waals surface area contributed by atoms with Gasteiger partial charge in [-0.15, -0.1) is 0 Å². The molecule has 0 amide bonds. The first-order valence-electron chi connectivity index (χ1n) is 6.78. The standard InChI is InChI=1S/C14H9F3N6O2/c15-14(16,17)9-2-1-3-10(6-9)21-12-11(23(24)25)13(20-7-19-12)22-5-4-18-8-22/h1-8H,(H,19,20,21). The molecule has 0 unspecified atom stereocenters. The van der Waals surface area contributed by atoms with Gasteiger partial charge in [0.25, 0.3) is 0 Å². The van der Waals surface area contributed by atoms with Gasteiger partial charge in [-0.2, -0.15) is 13.2 Å². The fourth-order valence-electron chi connectivity index (χ4n) is 2.11. The second-order valence-corrected chi connectivity index (χ2v) is 4.83. The Kier molecular flexibility index (Phi) is 4.05. The molecular weight excluding hydrogens is 341 g/mol. The van der Waals surface area contributed by atoms with Gasteiger partial charge in [0.1, 0.15) is 12.7 Å². The molecular formula is C14H9F3N6O2. The SMILES string of the molecule is O=[N+]([O-])c1c(Nc2cccc(C(F)(F)F)c2)ncnc1-n1ccnc1. The van der Waals surface area contributed by atoms with Gasteiger partial charge in [0.05, 0.1) is 10.5 Å². The number of imidazole rings is 1. The number of rotatable bonds is 4. The number of halogens is 3. The molecule has 0 saturated heterocycles. The van der Waals surface area contributed by atoms with Crippen molar-refractivity contribution in [1.82, 2.24) is 19.5 Å². The van der Waals surface area contributed by atoms with E-state index in [9.17, 15) is 23.3 Å². The molecule has 0 spiro atoms. The Morgan fingerprint density at radius 2 is 2.04 bits per heavy atom. The predicted molar refractivity (Wildman–Crippen MR) is 80.5 cm³/mol. The summed E-state index contributed by atoms with van der Waals surface area (Å²) in [5, 5.41) is 14.0. The zero-order valence-electron chi connectivity index (χ0n) is 12.3.